The Balaban J connectivity index is 1.14. The number of fused-ring (bicyclic) bond motifs is 3. The Morgan fingerprint density at radius 3 is 2.38 bits per heavy atom. The molecule has 2 aromatic heterocycles. The molecule has 9 nitrogen and oxygen atoms in total. The Morgan fingerprint density at radius 1 is 0.952 bits per heavy atom. The highest BCUT2D eigenvalue weighted by atomic mass is 16.5. The van der Waals surface area contributed by atoms with Gasteiger partial charge in [0, 0.05) is 29.4 Å². The molecular weight excluding hydrogens is 526 g/mol. The molecule has 1 saturated carbocycles. The van der Waals surface area contributed by atoms with Crippen molar-refractivity contribution in [1.29, 1.82) is 0 Å². The molecule has 42 heavy (non-hydrogen) atoms. The number of carbonyl (C=O) groups excluding carboxylic acids is 1. The maximum Gasteiger partial charge on any atom is 0.238 e. The van der Waals surface area contributed by atoms with E-state index in [0.29, 0.717) is 23.8 Å². The molecule has 0 radical (unpaired) electrons. The van der Waals surface area contributed by atoms with Crippen LogP contribution in [0.4, 0.5) is 11.5 Å². The number of imidazole rings is 1. The van der Waals surface area contributed by atoms with Gasteiger partial charge in [-0.25, -0.2) is 9.97 Å². The summed E-state index contributed by atoms with van der Waals surface area (Å²) in [4.78, 5) is 31.5. The number of hydrogen-bond donors (Lipinski definition) is 1. The van der Waals surface area contributed by atoms with Gasteiger partial charge in [-0.3, -0.25) is 9.69 Å². The van der Waals surface area contributed by atoms with E-state index in [1.54, 1.807) is 0 Å². The van der Waals surface area contributed by atoms with Crippen LogP contribution >= 0.6 is 0 Å². The average Bonchev–Trinajstić information content (AvgIpc) is 3.48. The topological polar surface area (TPSA) is 92.8 Å². The Bertz CT molecular complexity index is 1510. The number of amides is 1. The van der Waals surface area contributed by atoms with Gasteiger partial charge in [-0.15, -0.1) is 0 Å². The average molecular weight is 570 g/mol. The van der Waals surface area contributed by atoms with Crippen LogP contribution in [0.1, 0.15) is 70.4 Å². The fourth-order valence-electron chi connectivity index (χ4n) is 8.28. The monoisotopic (exact) mass is 569 g/mol. The lowest BCUT2D eigenvalue weighted by molar-refractivity contribution is -0.128. The minimum Gasteiger partial charge on any atom is -0.382 e. The number of benzene rings is 1. The largest absolute Gasteiger partial charge is 0.382 e. The summed E-state index contributed by atoms with van der Waals surface area (Å²) in [7, 11) is 0. The third-order valence-electron chi connectivity index (χ3n) is 11.0. The summed E-state index contributed by atoms with van der Waals surface area (Å²) in [5.41, 5.74) is 11.9. The van der Waals surface area contributed by atoms with Crippen LogP contribution in [0.5, 0.6) is 0 Å². The van der Waals surface area contributed by atoms with E-state index in [1.165, 1.54) is 37.9 Å². The quantitative estimate of drug-likeness (QED) is 0.488. The van der Waals surface area contributed by atoms with Crippen molar-refractivity contribution in [2.75, 3.05) is 50.0 Å². The molecule has 4 fully saturated rings. The molecular formula is C33H43N7O2. The minimum atomic E-state index is -0.433. The lowest BCUT2D eigenvalue weighted by atomic mass is 9.73. The standard InChI is InChI=1S/C33H43N7O2/c1-21(2)39-20-35-28-17-27(36-31(34)30(28)39)22-6-7-26-29(14-22)40(24-15-23(16-24)37-10-4-3-5-11-37)32(41)33(26)8-12-38(13-9-33)25-18-42-19-25/h6-7,14,17,20-21,23-25H,3-5,8-13,15-16,18-19H2,1-2H3,(H2,34,36)/t23-,24+. The van der Waals surface area contributed by atoms with Gasteiger partial charge in [0.25, 0.3) is 0 Å². The molecule has 2 N–H and O–H groups in total. The highest BCUT2D eigenvalue weighted by Gasteiger charge is 2.56. The van der Waals surface area contributed by atoms with E-state index in [-0.39, 0.29) is 12.1 Å². The zero-order valence-corrected chi connectivity index (χ0v) is 25.0. The first-order chi connectivity index (χ1) is 20.4. The number of hydrogen-bond acceptors (Lipinski definition) is 7. The molecule has 3 saturated heterocycles. The fourth-order valence-corrected chi connectivity index (χ4v) is 8.28. The Hall–Kier alpha value is -3.01. The Kier molecular flexibility index (Phi) is 6.35. The van der Waals surface area contributed by atoms with Crippen LogP contribution in [0.25, 0.3) is 22.3 Å². The molecule has 222 valence electrons. The normalized spacial score (nSPS) is 26.6. The van der Waals surface area contributed by atoms with Gasteiger partial charge in [0.05, 0.1) is 42.2 Å². The molecule has 0 atom stereocenters. The van der Waals surface area contributed by atoms with Crippen molar-refractivity contribution in [3.8, 4) is 11.3 Å². The second-order valence-electron chi connectivity index (χ2n) is 13.6. The van der Waals surface area contributed by atoms with E-state index in [2.05, 4.69) is 56.3 Å². The van der Waals surface area contributed by atoms with E-state index < -0.39 is 5.41 Å². The van der Waals surface area contributed by atoms with Crippen LogP contribution in [-0.2, 0) is 14.9 Å². The first kappa shape index (κ1) is 26.6. The van der Waals surface area contributed by atoms with Crippen molar-refractivity contribution in [2.24, 2.45) is 0 Å². The third kappa shape index (κ3) is 4.03. The Labute approximate surface area is 248 Å². The summed E-state index contributed by atoms with van der Waals surface area (Å²) in [5, 5.41) is 0. The molecule has 1 aliphatic carbocycles. The smallest absolute Gasteiger partial charge is 0.238 e. The van der Waals surface area contributed by atoms with Crippen LogP contribution < -0.4 is 10.6 Å². The number of rotatable bonds is 5. The van der Waals surface area contributed by atoms with Gasteiger partial charge in [-0.2, -0.15) is 0 Å². The number of likely N-dealkylation sites (tertiary alicyclic amines) is 2. The highest BCUT2D eigenvalue weighted by molar-refractivity contribution is 6.09. The number of piperidine rings is 2. The van der Waals surface area contributed by atoms with Gasteiger partial charge < -0.3 is 24.8 Å². The summed E-state index contributed by atoms with van der Waals surface area (Å²) in [5.74, 6) is 0.814. The first-order valence-corrected chi connectivity index (χ1v) is 16.1. The van der Waals surface area contributed by atoms with Crippen molar-refractivity contribution < 1.29 is 9.53 Å². The van der Waals surface area contributed by atoms with E-state index in [0.717, 1.165) is 80.0 Å². The second kappa shape index (κ2) is 10.0. The predicted molar refractivity (Wildman–Crippen MR) is 165 cm³/mol. The lowest BCUT2D eigenvalue weighted by Gasteiger charge is -2.48. The molecule has 1 spiro atoms. The number of nitrogens with two attached hydrogens (primary N) is 1. The van der Waals surface area contributed by atoms with Crippen LogP contribution in [0.3, 0.4) is 0 Å². The first-order valence-electron chi connectivity index (χ1n) is 16.1. The Morgan fingerprint density at radius 2 is 1.69 bits per heavy atom. The van der Waals surface area contributed by atoms with Gasteiger partial charge >= 0.3 is 0 Å². The van der Waals surface area contributed by atoms with E-state index in [9.17, 15) is 4.79 Å². The maximum atomic E-state index is 14.6. The van der Waals surface area contributed by atoms with Crippen molar-refractivity contribution >= 4 is 28.4 Å². The summed E-state index contributed by atoms with van der Waals surface area (Å²) in [6.07, 6.45) is 9.69. The number of pyridine rings is 1. The maximum absolute atomic E-state index is 14.6. The summed E-state index contributed by atoms with van der Waals surface area (Å²) < 4.78 is 7.55. The van der Waals surface area contributed by atoms with E-state index >= 15 is 0 Å². The van der Waals surface area contributed by atoms with Gasteiger partial charge in [0.2, 0.25) is 5.91 Å². The second-order valence-corrected chi connectivity index (χ2v) is 13.6. The number of nitrogen functional groups attached to an aromatic ring is 1. The molecule has 8 rings (SSSR count). The van der Waals surface area contributed by atoms with Gasteiger partial charge in [-0.05, 0) is 96.2 Å². The number of anilines is 2. The van der Waals surface area contributed by atoms with Gasteiger partial charge in [0.15, 0.2) is 0 Å². The van der Waals surface area contributed by atoms with Crippen LogP contribution in [0.15, 0.2) is 30.6 Å². The number of carbonyl (C=O) groups is 1. The molecule has 0 bridgehead atoms. The van der Waals surface area contributed by atoms with Gasteiger partial charge in [-0.1, -0.05) is 18.6 Å². The van der Waals surface area contributed by atoms with Crippen LogP contribution in [0.2, 0.25) is 0 Å². The minimum absolute atomic E-state index is 0.250. The molecule has 4 aliphatic heterocycles. The third-order valence-corrected chi connectivity index (χ3v) is 11.0. The van der Waals surface area contributed by atoms with E-state index in [4.69, 9.17) is 15.5 Å². The molecule has 3 aromatic rings. The number of aromatic nitrogens is 3. The molecule has 1 amide bonds. The molecule has 0 unspecified atom stereocenters. The van der Waals surface area contributed by atoms with Crippen LogP contribution in [-0.4, -0.2) is 87.8 Å². The van der Waals surface area contributed by atoms with Crippen molar-refractivity contribution in [3.63, 3.8) is 0 Å². The summed E-state index contributed by atoms with van der Waals surface area (Å²) in [6, 6.07) is 10.3. The molecule has 1 aromatic carbocycles. The fraction of sp³-hybridized carbons (Fsp3) is 0.606. The molecule has 9 heteroatoms. The summed E-state index contributed by atoms with van der Waals surface area (Å²) in [6.45, 7) is 10.2. The zero-order valence-electron chi connectivity index (χ0n) is 25.0. The SMILES string of the molecule is CC(C)n1cnc2cc(-c3ccc4c(c3)N([C@H]3C[C@@H](N5CCCCC5)C3)C(=O)C43CCN(C4COC4)CC3)nc(N)c21. The number of ether oxygens (including phenoxy) is 1. The predicted octanol–water partition coefficient (Wildman–Crippen LogP) is 4.36. The molecule has 5 aliphatic rings. The number of nitrogens with zero attached hydrogens (tertiary/aromatic N) is 6. The highest BCUT2D eigenvalue weighted by Crippen LogP contribution is 2.52. The van der Waals surface area contributed by atoms with Crippen molar-refractivity contribution in [2.45, 2.75) is 88.4 Å². The van der Waals surface area contributed by atoms with Crippen molar-refractivity contribution in [3.05, 3.63) is 36.2 Å². The van der Waals surface area contributed by atoms with Gasteiger partial charge in [0.1, 0.15) is 11.3 Å². The summed E-state index contributed by atoms with van der Waals surface area (Å²) >= 11 is 0. The van der Waals surface area contributed by atoms with E-state index in [1.807, 2.05) is 12.4 Å². The van der Waals surface area contributed by atoms with Crippen molar-refractivity contribution in [1.82, 2.24) is 24.3 Å². The van der Waals surface area contributed by atoms with Crippen LogP contribution in [0, 0.1) is 0 Å². The lowest BCUT2D eigenvalue weighted by Crippen LogP contribution is -2.59. The zero-order chi connectivity index (χ0) is 28.6. The molecule has 6 heterocycles.